The third kappa shape index (κ3) is 4.45. The van der Waals surface area contributed by atoms with Crippen molar-refractivity contribution < 1.29 is 18.3 Å². The van der Waals surface area contributed by atoms with Crippen LogP contribution in [0.5, 0.6) is 0 Å². The van der Waals surface area contributed by atoms with Gasteiger partial charge in [0.15, 0.2) is 0 Å². The van der Waals surface area contributed by atoms with Gasteiger partial charge in [-0.05, 0) is 32.1 Å². The van der Waals surface area contributed by atoms with Gasteiger partial charge in [-0.25, -0.2) is 8.42 Å². The molecule has 3 unspecified atom stereocenters. The number of carboxylic acids is 1. The van der Waals surface area contributed by atoms with E-state index >= 15 is 0 Å². The van der Waals surface area contributed by atoms with Crippen LogP contribution in [0.2, 0.25) is 0 Å². The maximum absolute atomic E-state index is 12.4. The third-order valence-electron chi connectivity index (χ3n) is 3.81. The van der Waals surface area contributed by atoms with E-state index in [1.54, 1.807) is 0 Å². The van der Waals surface area contributed by atoms with E-state index in [1.165, 1.54) is 4.31 Å². The zero-order valence-corrected chi connectivity index (χ0v) is 12.8. The average Bonchev–Trinajstić information content (AvgIpc) is 2.28. The number of piperidine rings is 1. The van der Waals surface area contributed by atoms with Gasteiger partial charge in [-0.1, -0.05) is 20.3 Å². The zero-order valence-electron chi connectivity index (χ0n) is 12.0. The molecule has 1 fully saturated rings. The summed E-state index contributed by atoms with van der Waals surface area (Å²) in [7, 11) is -3.35. The number of aliphatic carboxylic acids is 1. The lowest BCUT2D eigenvalue weighted by molar-refractivity contribution is -0.143. The van der Waals surface area contributed by atoms with E-state index in [-0.39, 0.29) is 24.3 Å². The summed E-state index contributed by atoms with van der Waals surface area (Å²) in [4.78, 5) is 11.0. The predicted molar refractivity (Wildman–Crippen MR) is 74.4 cm³/mol. The Morgan fingerprint density at radius 1 is 1.42 bits per heavy atom. The van der Waals surface area contributed by atoms with Crippen molar-refractivity contribution in [3.05, 3.63) is 0 Å². The van der Waals surface area contributed by atoms with Crippen molar-refractivity contribution in [2.45, 2.75) is 52.5 Å². The third-order valence-corrected chi connectivity index (χ3v) is 6.02. The smallest absolute Gasteiger partial charge is 0.307 e. The van der Waals surface area contributed by atoms with Crippen molar-refractivity contribution in [2.24, 2.45) is 11.8 Å². The lowest BCUT2D eigenvalue weighted by Gasteiger charge is -2.36. The average molecular weight is 291 g/mol. The Bertz CT molecular complexity index is 407. The summed E-state index contributed by atoms with van der Waals surface area (Å²) >= 11 is 0. The van der Waals surface area contributed by atoms with Crippen LogP contribution in [-0.4, -0.2) is 42.1 Å². The van der Waals surface area contributed by atoms with E-state index < -0.39 is 21.9 Å². The molecule has 1 aliphatic heterocycles. The number of hydrogen-bond donors (Lipinski definition) is 1. The molecule has 6 heteroatoms. The minimum Gasteiger partial charge on any atom is -0.481 e. The summed E-state index contributed by atoms with van der Waals surface area (Å²) in [5, 5.41) is 9.05. The van der Waals surface area contributed by atoms with E-state index in [4.69, 9.17) is 5.11 Å². The largest absolute Gasteiger partial charge is 0.481 e. The predicted octanol–water partition coefficient (Wildman–Crippen LogP) is 1.94. The van der Waals surface area contributed by atoms with Gasteiger partial charge >= 0.3 is 5.97 Å². The van der Waals surface area contributed by atoms with Crippen molar-refractivity contribution in [3.63, 3.8) is 0 Å². The summed E-state index contributed by atoms with van der Waals surface area (Å²) in [5.74, 6) is -1.22. The molecule has 1 N–H and O–H groups in total. The molecule has 0 aromatic carbocycles. The summed E-state index contributed by atoms with van der Waals surface area (Å²) in [5.41, 5.74) is 0. The number of rotatable bonds is 6. The van der Waals surface area contributed by atoms with Gasteiger partial charge in [0.25, 0.3) is 0 Å². The molecular weight excluding hydrogens is 266 g/mol. The van der Waals surface area contributed by atoms with Crippen LogP contribution in [-0.2, 0) is 14.8 Å². The van der Waals surface area contributed by atoms with Crippen LogP contribution < -0.4 is 0 Å². The Kier molecular flexibility index (Phi) is 5.80. The molecule has 0 aromatic heterocycles. The van der Waals surface area contributed by atoms with Gasteiger partial charge in [0.1, 0.15) is 0 Å². The van der Waals surface area contributed by atoms with Crippen molar-refractivity contribution in [1.82, 2.24) is 4.31 Å². The number of sulfonamides is 1. The minimum absolute atomic E-state index is 0.0885. The molecule has 0 amide bonds. The highest BCUT2D eigenvalue weighted by Gasteiger charge is 2.36. The van der Waals surface area contributed by atoms with Gasteiger partial charge in [0.2, 0.25) is 10.0 Å². The Hall–Kier alpha value is -0.620. The number of hydrogen-bond acceptors (Lipinski definition) is 3. The van der Waals surface area contributed by atoms with Crippen LogP contribution in [0.4, 0.5) is 0 Å². The van der Waals surface area contributed by atoms with Gasteiger partial charge in [-0.15, -0.1) is 0 Å². The molecular formula is C13H25NO4S. The van der Waals surface area contributed by atoms with Gasteiger partial charge in [0.05, 0.1) is 11.7 Å². The lowest BCUT2D eigenvalue weighted by atomic mass is 9.96. The lowest BCUT2D eigenvalue weighted by Crippen LogP contribution is -2.48. The monoisotopic (exact) mass is 291 g/mol. The molecule has 1 saturated heterocycles. The second-order valence-electron chi connectivity index (χ2n) is 5.70. The Balaban J connectivity index is 2.77. The van der Waals surface area contributed by atoms with Crippen LogP contribution in [0.3, 0.4) is 0 Å². The first-order chi connectivity index (χ1) is 8.77. The van der Waals surface area contributed by atoms with Gasteiger partial charge in [-0.2, -0.15) is 4.31 Å². The van der Waals surface area contributed by atoms with E-state index in [1.807, 2.05) is 20.8 Å². The van der Waals surface area contributed by atoms with Crippen LogP contribution in [0, 0.1) is 11.8 Å². The highest BCUT2D eigenvalue weighted by Crippen LogP contribution is 2.26. The molecule has 3 atom stereocenters. The number of nitrogens with zero attached hydrogens (tertiary/aromatic N) is 1. The standard InChI is InChI=1S/C13H25NO4S/c1-4-5-10(2)9-19(17,18)14-8-12(13(15)16)7-6-11(14)3/h10-12H,4-9H2,1-3H3,(H,15,16). The Morgan fingerprint density at radius 2 is 2.05 bits per heavy atom. The van der Waals surface area contributed by atoms with Crippen LogP contribution >= 0.6 is 0 Å². The summed E-state index contributed by atoms with van der Waals surface area (Å²) < 4.78 is 26.2. The first kappa shape index (κ1) is 16.4. The molecule has 1 heterocycles. The molecule has 0 aliphatic carbocycles. The minimum atomic E-state index is -3.35. The quantitative estimate of drug-likeness (QED) is 0.811. The van der Waals surface area contributed by atoms with Crippen molar-refractivity contribution in [3.8, 4) is 0 Å². The van der Waals surface area contributed by atoms with Crippen LogP contribution in [0.25, 0.3) is 0 Å². The Labute approximate surface area is 116 Å². The zero-order chi connectivity index (χ0) is 14.6. The van der Waals surface area contributed by atoms with E-state index in [0.29, 0.717) is 12.8 Å². The fourth-order valence-electron chi connectivity index (χ4n) is 2.70. The number of carbonyl (C=O) groups is 1. The summed E-state index contributed by atoms with van der Waals surface area (Å²) in [6.45, 7) is 5.95. The van der Waals surface area contributed by atoms with Crippen molar-refractivity contribution in [2.75, 3.05) is 12.3 Å². The highest BCUT2D eigenvalue weighted by atomic mass is 32.2. The van der Waals surface area contributed by atoms with Crippen LogP contribution in [0.15, 0.2) is 0 Å². The van der Waals surface area contributed by atoms with Gasteiger partial charge in [0, 0.05) is 12.6 Å². The Morgan fingerprint density at radius 3 is 2.58 bits per heavy atom. The van der Waals surface area contributed by atoms with Crippen molar-refractivity contribution in [1.29, 1.82) is 0 Å². The van der Waals surface area contributed by atoms with Gasteiger partial charge < -0.3 is 5.11 Å². The fourth-order valence-corrected chi connectivity index (χ4v) is 4.83. The molecule has 0 bridgehead atoms. The van der Waals surface area contributed by atoms with E-state index in [0.717, 1.165) is 12.8 Å². The molecule has 0 radical (unpaired) electrons. The normalized spacial score (nSPS) is 27.1. The molecule has 0 spiro atoms. The van der Waals surface area contributed by atoms with Crippen molar-refractivity contribution >= 4 is 16.0 Å². The molecule has 0 saturated carbocycles. The van der Waals surface area contributed by atoms with Crippen LogP contribution in [0.1, 0.15) is 46.5 Å². The molecule has 1 aliphatic rings. The molecule has 112 valence electrons. The SMILES string of the molecule is CCCC(C)CS(=O)(=O)N1CC(C(=O)O)CCC1C. The second-order valence-corrected chi connectivity index (χ2v) is 7.67. The highest BCUT2D eigenvalue weighted by molar-refractivity contribution is 7.89. The molecule has 19 heavy (non-hydrogen) atoms. The first-order valence-electron chi connectivity index (χ1n) is 7.00. The van der Waals surface area contributed by atoms with Gasteiger partial charge in [-0.3, -0.25) is 4.79 Å². The topological polar surface area (TPSA) is 74.7 Å². The molecule has 1 rings (SSSR count). The number of carboxylic acid groups (broad SMARTS) is 1. The van der Waals surface area contributed by atoms with E-state index in [2.05, 4.69) is 0 Å². The maximum atomic E-state index is 12.4. The first-order valence-corrected chi connectivity index (χ1v) is 8.61. The summed E-state index contributed by atoms with van der Waals surface area (Å²) in [6.07, 6.45) is 3.03. The fraction of sp³-hybridized carbons (Fsp3) is 0.923. The molecule has 5 nitrogen and oxygen atoms in total. The summed E-state index contributed by atoms with van der Waals surface area (Å²) in [6, 6.07) is -0.0885. The maximum Gasteiger partial charge on any atom is 0.307 e. The molecule has 0 aromatic rings. The second kappa shape index (κ2) is 6.70. The van der Waals surface area contributed by atoms with E-state index in [9.17, 15) is 13.2 Å².